The summed E-state index contributed by atoms with van der Waals surface area (Å²) >= 11 is 0. The Hall–Kier alpha value is -3.20. The number of fused-ring (bicyclic) bond motifs is 1. The van der Waals surface area contributed by atoms with E-state index in [1.54, 1.807) is 24.4 Å². The standard InChI is InChI=1S/C14H9N5O/c15-6-12-4-2-10(7-16-12)14(20)18-11-3-1-9-8-17-19-13(9)5-11/h1-5,7-8H,(H,17,19)(H,18,20). The van der Waals surface area contributed by atoms with E-state index in [9.17, 15) is 4.79 Å². The number of nitrogens with zero attached hydrogens (tertiary/aromatic N) is 3. The molecule has 6 nitrogen and oxygen atoms in total. The molecule has 2 N–H and O–H groups in total. The van der Waals surface area contributed by atoms with E-state index in [0.717, 1.165) is 10.9 Å². The topological polar surface area (TPSA) is 94.5 Å². The molecule has 0 fully saturated rings. The van der Waals surface area contributed by atoms with Gasteiger partial charge in [0.05, 0.1) is 17.3 Å². The van der Waals surface area contributed by atoms with E-state index in [1.807, 2.05) is 12.1 Å². The molecule has 20 heavy (non-hydrogen) atoms. The summed E-state index contributed by atoms with van der Waals surface area (Å²) in [7, 11) is 0. The zero-order valence-corrected chi connectivity index (χ0v) is 10.3. The number of nitrogens with one attached hydrogen (secondary N) is 2. The molecule has 0 aliphatic carbocycles. The molecular formula is C14H9N5O. The maximum atomic E-state index is 12.0. The fourth-order valence-electron chi connectivity index (χ4n) is 1.81. The fraction of sp³-hybridized carbons (Fsp3) is 0. The summed E-state index contributed by atoms with van der Waals surface area (Å²) in [5.41, 5.74) is 2.19. The van der Waals surface area contributed by atoms with Crippen molar-refractivity contribution in [3.05, 3.63) is 54.0 Å². The van der Waals surface area contributed by atoms with Crippen LogP contribution in [0.2, 0.25) is 0 Å². The van der Waals surface area contributed by atoms with Crippen LogP contribution < -0.4 is 5.32 Å². The molecule has 2 heterocycles. The predicted octanol–water partition coefficient (Wildman–Crippen LogP) is 2.08. The second-order valence-corrected chi connectivity index (χ2v) is 4.17. The first-order valence-electron chi connectivity index (χ1n) is 5.87. The number of benzene rings is 1. The number of amides is 1. The molecule has 0 unspecified atom stereocenters. The number of carbonyl (C=O) groups is 1. The third-order valence-electron chi connectivity index (χ3n) is 2.84. The van der Waals surface area contributed by atoms with Gasteiger partial charge < -0.3 is 5.32 Å². The monoisotopic (exact) mass is 263 g/mol. The van der Waals surface area contributed by atoms with Gasteiger partial charge in [0, 0.05) is 17.3 Å². The largest absolute Gasteiger partial charge is 0.322 e. The summed E-state index contributed by atoms with van der Waals surface area (Å²) in [4.78, 5) is 15.9. The average molecular weight is 263 g/mol. The molecule has 0 saturated heterocycles. The zero-order chi connectivity index (χ0) is 13.9. The van der Waals surface area contributed by atoms with Gasteiger partial charge in [-0.3, -0.25) is 9.89 Å². The molecule has 0 aliphatic heterocycles. The molecular weight excluding hydrogens is 254 g/mol. The van der Waals surface area contributed by atoms with Crippen molar-refractivity contribution < 1.29 is 4.79 Å². The number of aromatic nitrogens is 3. The first-order chi connectivity index (χ1) is 9.76. The van der Waals surface area contributed by atoms with Gasteiger partial charge in [-0.1, -0.05) is 0 Å². The fourth-order valence-corrected chi connectivity index (χ4v) is 1.81. The molecule has 3 aromatic rings. The molecule has 2 aromatic heterocycles. The molecule has 3 rings (SSSR count). The lowest BCUT2D eigenvalue weighted by atomic mass is 10.2. The molecule has 1 aromatic carbocycles. The van der Waals surface area contributed by atoms with Gasteiger partial charge >= 0.3 is 0 Å². The van der Waals surface area contributed by atoms with E-state index in [4.69, 9.17) is 5.26 Å². The van der Waals surface area contributed by atoms with Gasteiger partial charge in [-0.15, -0.1) is 0 Å². The number of hydrogen-bond acceptors (Lipinski definition) is 4. The SMILES string of the molecule is N#Cc1ccc(C(=O)Nc2ccc3cn[nH]c3c2)cn1. The van der Waals surface area contributed by atoms with Gasteiger partial charge in [-0.25, -0.2) is 4.98 Å². The number of carbonyl (C=O) groups excluding carboxylic acids is 1. The van der Waals surface area contributed by atoms with Crippen LogP contribution in [0, 0.1) is 11.3 Å². The number of rotatable bonds is 2. The van der Waals surface area contributed by atoms with Gasteiger partial charge in [0.1, 0.15) is 11.8 Å². The highest BCUT2D eigenvalue weighted by atomic mass is 16.1. The average Bonchev–Trinajstić information content (AvgIpc) is 2.95. The van der Waals surface area contributed by atoms with E-state index in [0.29, 0.717) is 11.3 Å². The number of nitriles is 1. The number of aromatic amines is 1. The molecule has 0 atom stereocenters. The first-order valence-corrected chi connectivity index (χ1v) is 5.87. The summed E-state index contributed by atoms with van der Waals surface area (Å²) < 4.78 is 0. The summed E-state index contributed by atoms with van der Waals surface area (Å²) in [6.45, 7) is 0. The van der Waals surface area contributed by atoms with E-state index in [2.05, 4.69) is 20.5 Å². The Balaban J connectivity index is 1.82. The molecule has 0 aliphatic rings. The zero-order valence-electron chi connectivity index (χ0n) is 10.3. The summed E-state index contributed by atoms with van der Waals surface area (Å²) in [5, 5.41) is 19.2. The lowest BCUT2D eigenvalue weighted by Crippen LogP contribution is -2.12. The quantitative estimate of drug-likeness (QED) is 0.740. The van der Waals surface area contributed by atoms with Crippen LogP contribution in [0.1, 0.15) is 16.1 Å². The number of hydrogen-bond donors (Lipinski definition) is 2. The summed E-state index contributed by atoms with van der Waals surface area (Å²) in [6.07, 6.45) is 3.09. The molecule has 6 heteroatoms. The van der Waals surface area contributed by atoms with Crippen molar-refractivity contribution in [2.75, 3.05) is 5.32 Å². The Morgan fingerprint density at radius 2 is 2.15 bits per heavy atom. The lowest BCUT2D eigenvalue weighted by Gasteiger charge is -2.05. The van der Waals surface area contributed by atoms with Crippen LogP contribution in [0.25, 0.3) is 10.9 Å². The van der Waals surface area contributed by atoms with Gasteiger partial charge in [0.2, 0.25) is 0 Å². The third kappa shape index (κ3) is 2.20. The Bertz CT molecular complexity index is 813. The molecule has 0 spiro atoms. The molecule has 0 saturated carbocycles. The van der Waals surface area contributed by atoms with Crippen molar-refractivity contribution in [2.24, 2.45) is 0 Å². The van der Waals surface area contributed by atoms with Crippen molar-refractivity contribution in [1.29, 1.82) is 5.26 Å². The van der Waals surface area contributed by atoms with E-state index < -0.39 is 0 Å². The number of pyridine rings is 1. The van der Waals surface area contributed by atoms with Crippen molar-refractivity contribution in [3.8, 4) is 6.07 Å². The van der Waals surface area contributed by atoms with E-state index in [1.165, 1.54) is 12.3 Å². The van der Waals surface area contributed by atoms with Crippen molar-refractivity contribution in [1.82, 2.24) is 15.2 Å². The van der Waals surface area contributed by atoms with Crippen LogP contribution in [-0.4, -0.2) is 21.1 Å². The van der Waals surface area contributed by atoms with Crippen LogP contribution in [0.3, 0.4) is 0 Å². The second-order valence-electron chi connectivity index (χ2n) is 4.17. The highest BCUT2D eigenvalue weighted by molar-refractivity contribution is 6.04. The normalized spacial score (nSPS) is 10.2. The van der Waals surface area contributed by atoms with Crippen LogP contribution in [0.4, 0.5) is 5.69 Å². The minimum absolute atomic E-state index is 0.277. The Kier molecular flexibility index (Phi) is 2.86. The Labute approximate surface area is 114 Å². The minimum atomic E-state index is -0.277. The molecule has 96 valence electrons. The Morgan fingerprint density at radius 1 is 1.25 bits per heavy atom. The predicted molar refractivity (Wildman–Crippen MR) is 73.0 cm³/mol. The second kappa shape index (κ2) is 4.82. The Morgan fingerprint density at radius 3 is 2.90 bits per heavy atom. The maximum Gasteiger partial charge on any atom is 0.257 e. The van der Waals surface area contributed by atoms with Gasteiger partial charge in [0.15, 0.2) is 0 Å². The van der Waals surface area contributed by atoms with E-state index in [-0.39, 0.29) is 11.6 Å². The third-order valence-corrected chi connectivity index (χ3v) is 2.84. The minimum Gasteiger partial charge on any atom is -0.322 e. The maximum absolute atomic E-state index is 12.0. The van der Waals surface area contributed by atoms with Crippen molar-refractivity contribution >= 4 is 22.5 Å². The van der Waals surface area contributed by atoms with Gasteiger partial charge in [-0.05, 0) is 30.3 Å². The smallest absolute Gasteiger partial charge is 0.257 e. The lowest BCUT2D eigenvalue weighted by molar-refractivity contribution is 0.102. The van der Waals surface area contributed by atoms with Crippen molar-refractivity contribution in [2.45, 2.75) is 0 Å². The van der Waals surface area contributed by atoms with Gasteiger partial charge in [0.25, 0.3) is 5.91 Å². The van der Waals surface area contributed by atoms with Crippen LogP contribution in [0.5, 0.6) is 0 Å². The van der Waals surface area contributed by atoms with Crippen LogP contribution >= 0.6 is 0 Å². The van der Waals surface area contributed by atoms with E-state index >= 15 is 0 Å². The highest BCUT2D eigenvalue weighted by Gasteiger charge is 2.07. The first kappa shape index (κ1) is 11.9. The highest BCUT2D eigenvalue weighted by Crippen LogP contribution is 2.17. The molecule has 1 amide bonds. The van der Waals surface area contributed by atoms with Crippen LogP contribution in [-0.2, 0) is 0 Å². The summed E-state index contributed by atoms with van der Waals surface area (Å²) in [6, 6.07) is 10.4. The molecule has 0 bridgehead atoms. The van der Waals surface area contributed by atoms with Crippen molar-refractivity contribution in [3.63, 3.8) is 0 Å². The molecule has 0 radical (unpaired) electrons. The number of anilines is 1. The summed E-state index contributed by atoms with van der Waals surface area (Å²) in [5.74, 6) is -0.277. The van der Waals surface area contributed by atoms with Crippen LogP contribution in [0.15, 0.2) is 42.7 Å². The number of H-pyrrole nitrogens is 1. The van der Waals surface area contributed by atoms with Gasteiger partial charge in [-0.2, -0.15) is 10.4 Å².